The third-order valence-corrected chi connectivity index (χ3v) is 4.49. The van der Waals surface area contributed by atoms with Crippen LogP contribution in [-0.4, -0.2) is 11.9 Å². The van der Waals surface area contributed by atoms with Crippen LogP contribution in [0.5, 0.6) is 0 Å². The standard InChI is InChI=1S/C16H13BrClFO2/c17-10-16(12-3-5-13(18)6-4-12)20-9-15(21-16)11-1-7-14(19)8-2-11/h1-8,15H,9-10H2/t15-,16+/m1/s1. The molecule has 0 spiro atoms. The lowest BCUT2D eigenvalue weighted by Crippen LogP contribution is -2.29. The molecule has 0 amide bonds. The molecule has 2 aromatic rings. The highest BCUT2D eigenvalue weighted by Crippen LogP contribution is 2.41. The van der Waals surface area contributed by atoms with Gasteiger partial charge in [-0.25, -0.2) is 4.39 Å². The Morgan fingerprint density at radius 3 is 2.43 bits per heavy atom. The van der Waals surface area contributed by atoms with Gasteiger partial charge in [0.15, 0.2) is 0 Å². The lowest BCUT2D eigenvalue weighted by Gasteiger charge is -2.26. The lowest BCUT2D eigenvalue weighted by molar-refractivity contribution is -0.157. The maximum Gasteiger partial charge on any atom is 0.205 e. The molecule has 1 saturated heterocycles. The second-order valence-corrected chi connectivity index (χ2v) is 5.86. The van der Waals surface area contributed by atoms with Crippen LogP contribution in [-0.2, 0) is 15.3 Å². The minimum atomic E-state index is -0.844. The Bertz CT molecular complexity index is 617. The molecule has 0 N–H and O–H groups in total. The van der Waals surface area contributed by atoms with E-state index in [-0.39, 0.29) is 11.9 Å². The summed E-state index contributed by atoms with van der Waals surface area (Å²) < 4.78 is 25.0. The highest BCUT2D eigenvalue weighted by atomic mass is 79.9. The molecule has 1 aliphatic heterocycles. The van der Waals surface area contributed by atoms with Crippen LogP contribution in [0.2, 0.25) is 5.02 Å². The fourth-order valence-corrected chi connectivity index (χ4v) is 3.10. The normalized spacial score (nSPS) is 25.2. The summed E-state index contributed by atoms with van der Waals surface area (Å²) in [4.78, 5) is 0. The number of rotatable bonds is 3. The number of benzene rings is 2. The third-order valence-electron chi connectivity index (χ3n) is 3.50. The molecule has 0 bridgehead atoms. The fourth-order valence-electron chi connectivity index (χ4n) is 2.35. The van der Waals surface area contributed by atoms with Crippen LogP contribution in [0.15, 0.2) is 48.5 Å². The molecule has 110 valence electrons. The van der Waals surface area contributed by atoms with E-state index >= 15 is 0 Å². The molecule has 2 aromatic carbocycles. The van der Waals surface area contributed by atoms with Crippen LogP contribution in [0, 0.1) is 5.82 Å². The molecule has 1 heterocycles. The van der Waals surface area contributed by atoms with Gasteiger partial charge in [0.05, 0.1) is 11.9 Å². The molecule has 0 aromatic heterocycles. The van der Waals surface area contributed by atoms with Crippen LogP contribution >= 0.6 is 27.5 Å². The van der Waals surface area contributed by atoms with Gasteiger partial charge >= 0.3 is 0 Å². The second-order valence-electron chi connectivity index (χ2n) is 4.86. The summed E-state index contributed by atoms with van der Waals surface area (Å²) in [7, 11) is 0. The van der Waals surface area contributed by atoms with E-state index in [1.165, 1.54) is 12.1 Å². The zero-order valence-electron chi connectivity index (χ0n) is 11.1. The van der Waals surface area contributed by atoms with E-state index in [9.17, 15) is 4.39 Å². The van der Waals surface area contributed by atoms with Gasteiger partial charge in [-0.3, -0.25) is 0 Å². The van der Waals surface area contributed by atoms with Crippen LogP contribution in [0.4, 0.5) is 4.39 Å². The van der Waals surface area contributed by atoms with E-state index in [1.807, 2.05) is 12.1 Å². The van der Waals surface area contributed by atoms with Crippen molar-refractivity contribution in [1.29, 1.82) is 0 Å². The van der Waals surface area contributed by atoms with Crippen molar-refractivity contribution in [3.05, 3.63) is 70.5 Å². The van der Waals surface area contributed by atoms with Crippen LogP contribution in [0.1, 0.15) is 17.2 Å². The van der Waals surface area contributed by atoms with Gasteiger partial charge in [0, 0.05) is 10.6 Å². The summed E-state index contributed by atoms with van der Waals surface area (Å²) in [5, 5.41) is 1.16. The Balaban J connectivity index is 1.85. The van der Waals surface area contributed by atoms with E-state index in [0.29, 0.717) is 17.0 Å². The molecule has 2 atom stereocenters. The molecule has 0 saturated carbocycles. The number of alkyl halides is 1. The first-order valence-electron chi connectivity index (χ1n) is 6.52. The predicted octanol–water partition coefficient (Wildman–Crippen LogP) is 4.81. The molecule has 2 nitrogen and oxygen atoms in total. The summed E-state index contributed by atoms with van der Waals surface area (Å²) in [5.74, 6) is -1.11. The van der Waals surface area contributed by atoms with Crippen molar-refractivity contribution in [3.8, 4) is 0 Å². The summed E-state index contributed by atoms with van der Waals surface area (Å²) in [5.41, 5.74) is 1.79. The monoisotopic (exact) mass is 370 g/mol. The molecule has 0 aliphatic carbocycles. The van der Waals surface area contributed by atoms with Gasteiger partial charge < -0.3 is 9.47 Å². The van der Waals surface area contributed by atoms with Gasteiger partial charge in [-0.2, -0.15) is 0 Å². The third kappa shape index (κ3) is 2.99. The summed E-state index contributed by atoms with van der Waals surface area (Å²) in [6, 6.07) is 13.7. The highest BCUT2D eigenvalue weighted by molar-refractivity contribution is 9.09. The van der Waals surface area contributed by atoms with Crippen molar-refractivity contribution in [2.45, 2.75) is 11.9 Å². The average molecular weight is 372 g/mol. The van der Waals surface area contributed by atoms with Crippen molar-refractivity contribution >= 4 is 27.5 Å². The summed E-state index contributed by atoms with van der Waals surface area (Å²) >= 11 is 9.37. The maximum atomic E-state index is 13.0. The first kappa shape index (κ1) is 15.0. The van der Waals surface area contributed by atoms with Crippen LogP contribution < -0.4 is 0 Å². The number of halogens is 3. The molecule has 1 fully saturated rings. The Morgan fingerprint density at radius 1 is 1.14 bits per heavy atom. The predicted molar refractivity (Wildman–Crippen MR) is 83.1 cm³/mol. The van der Waals surface area contributed by atoms with Gasteiger partial charge in [0.2, 0.25) is 5.79 Å². The molecule has 5 heteroatoms. The summed E-state index contributed by atoms with van der Waals surface area (Å²) in [6.45, 7) is 0.417. The van der Waals surface area contributed by atoms with E-state index < -0.39 is 5.79 Å². The summed E-state index contributed by atoms with van der Waals surface area (Å²) in [6.07, 6.45) is -0.223. The maximum absolute atomic E-state index is 13.0. The van der Waals surface area contributed by atoms with Crippen LogP contribution in [0.25, 0.3) is 0 Å². The topological polar surface area (TPSA) is 18.5 Å². The molecule has 1 aliphatic rings. The number of hydrogen-bond donors (Lipinski definition) is 0. The van der Waals surface area contributed by atoms with E-state index in [0.717, 1.165) is 11.1 Å². The van der Waals surface area contributed by atoms with Gasteiger partial charge in [-0.15, -0.1) is 0 Å². The molecular weight excluding hydrogens is 359 g/mol. The second kappa shape index (κ2) is 6.05. The first-order chi connectivity index (χ1) is 10.1. The van der Waals surface area contributed by atoms with E-state index in [1.54, 1.807) is 24.3 Å². The molecule has 21 heavy (non-hydrogen) atoms. The SMILES string of the molecule is Fc1ccc([C@H]2CO[C@](CBr)(c3ccc(Cl)cc3)O2)cc1. The zero-order valence-corrected chi connectivity index (χ0v) is 13.4. The average Bonchev–Trinajstić information content (AvgIpc) is 2.94. The highest BCUT2D eigenvalue weighted by Gasteiger charge is 2.42. The molecule has 0 radical (unpaired) electrons. The van der Waals surface area contributed by atoms with Crippen molar-refractivity contribution in [2.75, 3.05) is 11.9 Å². The van der Waals surface area contributed by atoms with Crippen molar-refractivity contribution in [2.24, 2.45) is 0 Å². The molecule has 3 rings (SSSR count). The van der Waals surface area contributed by atoms with Gasteiger partial charge in [0.1, 0.15) is 11.9 Å². The Morgan fingerprint density at radius 2 is 1.81 bits per heavy atom. The van der Waals surface area contributed by atoms with E-state index in [2.05, 4.69) is 15.9 Å². The quantitative estimate of drug-likeness (QED) is 0.721. The molecule has 0 unspecified atom stereocenters. The fraction of sp³-hybridized carbons (Fsp3) is 0.250. The van der Waals surface area contributed by atoms with E-state index in [4.69, 9.17) is 21.1 Å². The van der Waals surface area contributed by atoms with Gasteiger partial charge in [0.25, 0.3) is 0 Å². The Kier molecular flexibility index (Phi) is 4.31. The minimum Gasteiger partial charge on any atom is -0.342 e. The smallest absolute Gasteiger partial charge is 0.205 e. The largest absolute Gasteiger partial charge is 0.342 e. The minimum absolute atomic E-state index is 0.223. The van der Waals surface area contributed by atoms with Crippen molar-refractivity contribution in [1.82, 2.24) is 0 Å². The van der Waals surface area contributed by atoms with Gasteiger partial charge in [-0.05, 0) is 29.8 Å². The van der Waals surface area contributed by atoms with Crippen molar-refractivity contribution < 1.29 is 13.9 Å². The first-order valence-corrected chi connectivity index (χ1v) is 8.02. The zero-order chi connectivity index (χ0) is 14.9. The Labute approximate surface area is 136 Å². The molecular formula is C16H13BrClFO2. The van der Waals surface area contributed by atoms with Crippen molar-refractivity contribution in [3.63, 3.8) is 0 Å². The number of hydrogen-bond acceptors (Lipinski definition) is 2. The lowest BCUT2D eigenvalue weighted by atomic mass is 10.1. The Hall–Kier alpha value is -0.940. The number of ether oxygens (including phenoxy) is 2. The van der Waals surface area contributed by atoms with Crippen LogP contribution in [0.3, 0.4) is 0 Å². The van der Waals surface area contributed by atoms with Gasteiger partial charge in [-0.1, -0.05) is 51.8 Å².